The van der Waals surface area contributed by atoms with Gasteiger partial charge in [-0.1, -0.05) is 18.2 Å². The number of carboxylic acids is 1. The van der Waals surface area contributed by atoms with E-state index < -0.39 is 29.6 Å². The summed E-state index contributed by atoms with van der Waals surface area (Å²) in [5, 5.41) is 8.65. The minimum atomic E-state index is -1.36. The molecule has 1 aromatic carbocycles. The highest BCUT2D eigenvalue weighted by atomic mass is 16.4. The van der Waals surface area contributed by atoms with Gasteiger partial charge in [-0.3, -0.25) is 9.78 Å². The van der Waals surface area contributed by atoms with Gasteiger partial charge in [0.05, 0.1) is 5.69 Å². The molecule has 2 rings (SSSR count). The third kappa shape index (κ3) is 2.37. The Labute approximate surface area is 105 Å². The first-order chi connectivity index (χ1) is 9.00. The number of nitrogens with one attached hydrogen (secondary N) is 1. The summed E-state index contributed by atoms with van der Waals surface area (Å²) in [6.07, 6.45) is 0. The van der Waals surface area contributed by atoms with Crippen LogP contribution >= 0.6 is 0 Å². The molecule has 8 nitrogen and oxygen atoms in total. The van der Waals surface area contributed by atoms with Gasteiger partial charge >= 0.3 is 23.0 Å². The summed E-state index contributed by atoms with van der Waals surface area (Å²) >= 11 is 0. The minimum absolute atomic E-state index is 0.243. The molecule has 0 aliphatic heterocycles. The molecule has 8 heteroatoms. The fourth-order valence-electron chi connectivity index (χ4n) is 1.59. The highest BCUT2D eigenvalue weighted by Crippen LogP contribution is 1.99. The zero-order chi connectivity index (χ0) is 14.0. The van der Waals surface area contributed by atoms with E-state index in [-0.39, 0.29) is 5.69 Å². The number of hydrogen-bond donors (Lipinski definition) is 2. The van der Waals surface area contributed by atoms with Crippen LogP contribution < -0.4 is 17.1 Å². The van der Waals surface area contributed by atoms with Gasteiger partial charge in [-0.05, 0) is 12.1 Å². The molecule has 0 aliphatic carbocycles. The van der Waals surface area contributed by atoms with Crippen LogP contribution in [0.1, 0.15) is 0 Å². The summed E-state index contributed by atoms with van der Waals surface area (Å²) in [5.41, 5.74) is -2.72. The van der Waals surface area contributed by atoms with Crippen molar-refractivity contribution >= 4 is 5.97 Å². The number of aliphatic carboxylic acids is 1. The highest BCUT2D eigenvalue weighted by molar-refractivity contribution is 5.66. The molecule has 0 fully saturated rings. The van der Waals surface area contributed by atoms with E-state index in [0.29, 0.717) is 9.13 Å². The van der Waals surface area contributed by atoms with Crippen LogP contribution in [0.4, 0.5) is 0 Å². The molecule has 2 N–H and O–H groups in total. The molecule has 0 unspecified atom stereocenters. The molecule has 2 aromatic rings. The lowest BCUT2D eigenvalue weighted by atomic mass is 10.3. The van der Waals surface area contributed by atoms with E-state index in [1.54, 1.807) is 18.2 Å². The minimum Gasteiger partial charge on any atom is -0.480 e. The Morgan fingerprint density at radius 2 is 1.74 bits per heavy atom. The van der Waals surface area contributed by atoms with Crippen molar-refractivity contribution in [1.82, 2.24) is 14.1 Å². The summed E-state index contributed by atoms with van der Waals surface area (Å²) in [5.74, 6) is -1.36. The van der Waals surface area contributed by atoms with Gasteiger partial charge in [0, 0.05) is 0 Å². The van der Waals surface area contributed by atoms with Crippen molar-refractivity contribution in [3.05, 3.63) is 61.8 Å². The van der Waals surface area contributed by atoms with Crippen molar-refractivity contribution in [2.75, 3.05) is 0 Å². The van der Waals surface area contributed by atoms with Crippen LogP contribution in [0.5, 0.6) is 0 Å². The summed E-state index contributed by atoms with van der Waals surface area (Å²) in [6, 6.07) is 7.89. The Hall–Kier alpha value is -2.90. The van der Waals surface area contributed by atoms with Crippen molar-refractivity contribution in [2.24, 2.45) is 0 Å². The van der Waals surface area contributed by atoms with E-state index in [1.165, 1.54) is 12.1 Å². The number of para-hydroxylation sites is 1. The maximum atomic E-state index is 12.0. The standard InChI is InChI=1S/C11H9N3O5/c15-8(16)6-13-9(17)12-10(18)14(11(13)19)7-4-2-1-3-5-7/h1-5H,6H2,(H,15,16)(H,12,17,18). The second kappa shape index (κ2) is 4.77. The Kier molecular flexibility index (Phi) is 3.15. The van der Waals surface area contributed by atoms with Crippen molar-refractivity contribution < 1.29 is 9.90 Å². The van der Waals surface area contributed by atoms with Gasteiger partial charge in [0.2, 0.25) is 0 Å². The largest absolute Gasteiger partial charge is 0.480 e. The van der Waals surface area contributed by atoms with Crippen LogP contribution in [-0.2, 0) is 11.3 Å². The van der Waals surface area contributed by atoms with E-state index >= 15 is 0 Å². The molecule has 0 spiro atoms. The number of rotatable bonds is 3. The Morgan fingerprint density at radius 1 is 1.11 bits per heavy atom. The molecular formula is C11H9N3O5. The van der Waals surface area contributed by atoms with Crippen molar-refractivity contribution in [3.8, 4) is 5.69 Å². The molecule has 0 amide bonds. The smallest absolute Gasteiger partial charge is 0.341 e. The quantitative estimate of drug-likeness (QED) is 0.719. The fourth-order valence-corrected chi connectivity index (χ4v) is 1.59. The monoisotopic (exact) mass is 263 g/mol. The molecule has 0 atom stereocenters. The summed E-state index contributed by atoms with van der Waals surface area (Å²) in [4.78, 5) is 47.6. The van der Waals surface area contributed by atoms with E-state index in [9.17, 15) is 19.2 Å². The molecule has 1 heterocycles. The molecule has 19 heavy (non-hydrogen) atoms. The SMILES string of the molecule is O=C(O)Cn1c(=O)[nH]c(=O)n(-c2ccccc2)c1=O. The lowest BCUT2D eigenvalue weighted by Crippen LogP contribution is -2.49. The van der Waals surface area contributed by atoms with Gasteiger partial charge < -0.3 is 5.11 Å². The number of hydrogen-bond acceptors (Lipinski definition) is 4. The van der Waals surface area contributed by atoms with Crippen LogP contribution in [0, 0.1) is 0 Å². The number of H-pyrrole nitrogens is 1. The molecular weight excluding hydrogens is 254 g/mol. The van der Waals surface area contributed by atoms with E-state index in [2.05, 4.69) is 0 Å². The van der Waals surface area contributed by atoms with Crippen molar-refractivity contribution in [2.45, 2.75) is 6.54 Å². The van der Waals surface area contributed by atoms with Gasteiger partial charge in [-0.15, -0.1) is 0 Å². The topological polar surface area (TPSA) is 114 Å². The van der Waals surface area contributed by atoms with E-state index in [1.807, 2.05) is 4.98 Å². The number of aromatic nitrogens is 3. The molecule has 0 saturated carbocycles. The number of aromatic amines is 1. The number of carboxylic acid groups (broad SMARTS) is 1. The molecule has 0 radical (unpaired) electrons. The molecule has 1 aromatic heterocycles. The van der Waals surface area contributed by atoms with Gasteiger partial charge in [0.15, 0.2) is 0 Å². The third-order valence-corrected chi connectivity index (χ3v) is 2.39. The van der Waals surface area contributed by atoms with Crippen molar-refractivity contribution in [1.29, 1.82) is 0 Å². The Morgan fingerprint density at radius 3 is 2.32 bits per heavy atom. The van der Waals surface area contributed by atoms with Gasteiger partial charge in [-0.2, -0.15) is 0 Å². The molecule has 0 aliphatic rings. The summed E-state index contributed by atoms with van der Waals surface area (Å²) in [7, 11) is 0. The van der Waals surface area contributed by atoms with Crippen LogP contribution in [-0.4, -0.2) is 25.2 Å². The Bertz CT molecular complexity index is 784. The second-order valence-electron chi connectivity index (χ2n) is 3.67. The lowest BCUT2D eigenvalue weighted by Gasteiger charge is -2.06. The van der Waals surface area contributed by atoms with E-state index in [0.717, 1.165) is 0 Å². The number of nitrogens with zero attached hydrogens (tertiary/aromatic N) is 2. The molecule has 98 valence electrons. The second-order valence-corrected chi connectivity index (χ2v) is 3.67. The zero-order valence-corrected chi connectivity index (χ0v) is 9.57. The predicted molar refractivity (Wildman–Crippen MR) is 64.6 cm³/mol. The summed E-state index contributed by atoms with van der Waals surface area (Å²) < 4.78 is 1.14. The van der Waals surface area contributed by atoms with Gasteiger partial charge in [0.1, 0.15) is 6.54 Å². The van der Waals surface area contributed by atoms with Gasteiger partial charge in [0.25, 0.3) is 0 Å². The zero-order valence-electron chi connectivity index (χ0n) is 9.57. The van der Waals surface area contributed by atoms with Crippen LogP contribution in [0.3, 0.4) is 0 Å². The average Bonchev–Trinajstić information content (AvgIpc) is 2.35. The lowest BCUT2D eigenvalue weighted by molar-refractivity contribution is -0.137. The van der Waals surface area contributed by atoms with Crippen LogP contribution in [0.2, 0.25) is 0 Å². The summed E-state index contributed by atoms with van der Waals surface area (Å²) in [6.45, 7) is -0.818. The predicted octanol–water partition coefficient (Wildman–Crippen LogP) is -1.23. The fraction of sp³-hybridized carbons (Fsp3) is 0.0909. The van der Waals surface area contributed by atoms with E-state index in [4.69, 9.17) is 5.11 Å². The van der Waals surface area contributed by atoms with Gasteiger partial charge in [-0.25, -0.2) is 23.5 Å². The maximum Gasteiger partial charge on any atom is 0.341 e. The molecule has 0 saturated heterocycles. The average molecular weight is 263 g/mol. The first-order valence-electron chi connectivity index (χ1n) is 5.24. The number of benzene rings is 1. The first kappa shape index (κ1) is 12.6. The maximum absolute atomic E-state index is 12.0. The number of carbonyl (C=O) groups is 1. The normalized spacial score (nSPS) is 10.3. The van der Waals surface area contributed by atoms with Crippen LogP contribution in [0.15, 0.2) is 44.7 Å². The highest BCUT2D eigenvalue weighted by Gasteiger charge is 2.13. The molecule has 0 bridgehead atoms. The van der Waals surface area contributed by atoms with Crippen molar-refractivity contribution in [3.63, 3.8) is 0 Å². The third-order valence-electron chi connectivity index (χ3n) is 2.39. The Balaban J connectivity index is 2.77. The van der Waals surface area contributed by atoms with Crippen LogP contribution in [0.25, 0.3) is 5.69 Å². The first-order valence-corrected chi connectivity index (χ1v) is 5.24.